The van der Waals surface area contributed by atoms with E-state index in [-0.39, 0.29) is 0 Å². The molecular weight excluding hydrogens is 278 g/mol. The van der Waals surface area contributed by atoms with Crippen molar-refractivity contribution in [2.24, 2.45) is 0 Å². The lowest BCUT2D eigenvalue weighted by Gasteiger charge is -2.13. The van der Waals surface area contributed by atoms with E-state index in [9.17, 15) is 0 Å². The van der Waals surface area contributed by atoms with Crippen molar-refractivity contribution in [3.05, 3.63) is 46.9 Å². The monoisotopic (exact) mass is 295 g/mol. The predicted octanol–water partition coefficient (Wildman–Crippen LogP) is 3.88. The van der Waals surface area contributed by atoms with Gasteiger partial charge in [0.05, 0.1) is 18.8 Å². The molecule has 0 bridgehead atoms. The van der Waals surface area contributed by atoms with Gasteiger partial charge in [0.1, 0.15) is 18.1 Å². The van der Waals surface area contributed by atoms with Crippen molar-refractivity contribution in [3.8, 4) is 5.75 Å². The molecule has 4 nitrogen and oxygen atoms in total. The van der Waals surface area contributed by atoms with Crippen molar-refractivity contribution in [2.45, 2.75) is 13.5 Å². The molecule has 0 saturated heterocycles. The third kappa shape index (κ3) is 4.18. The maximum atomic E-state index is 5.75. The van der Waals surface area contributed by atoms with Gasteiger partial charge in [-0.05, 0) is 48.4 Å². The Morgan fingerprint density at radius 2 is 2.05 bits per heavy atom. The minimum Gasteiger partial charge on any atom is -0.489 e. The number of anilines is 1. The van der Waals surface area contributed by atoms with Crippen LogP contribution in [0.25, 0.3) is 0 Å². The van der Waals surface area contributed by atoms with E-state index in [2.05, 4.69) is 5.32 Å². The van der Waals surface area contributed by atoms with Crippen LogP contribution < -0.4 is 10.1 Å². The summed E-state index contributed by atoms with van der Waals surface area (Å²) in [6.45, 7) is 3.65. The van der Waals surface area contributed by atoms with Crippen molar-refractivity contribution >= 4 is 17.3 Å². The standard InChI is InChI=1S/C15H18ClNO3/c1-11-3-5-13(14(9-11)19-8-7-18-2)17-10-12-4-6-15(16)20-12/h3-6,9,17H,7-8,10H2,1-2H3. The summed E-state index contributed by atoms with van der Waals surface area (Å²) < 4.78 is 16.0. The van der Waals surface area contributed by atoms with Crippen LogP contribution in [0.1, 0.15) is 11.3 Å². The zero-order valence-corrected chi connectivity index (χ0v) is 12.4. The van der Waals surface area contributed by atoms with Gasteiger partial charge in [-0.15, -0.1) is 0 Å². The molecule has 0 aliphatic carbocycles. The molecule has 0 amide bonds. The van der Waals surface area contributed by atoms with E-state index >= 15 is 0 Å². The normalized spacial score (nSPS) is 10.6. The van der Waals surface area contributed by atoms with Crippen LogP contribution in [0, 0.1) is 6.92 Å². The minimum absolute atomic E-state index is 0.391. The number of hydrogen-bond donors (Lipinski definition) is 1. The fourth-order valence-electron chi connectivity index (χ4n) is 1.76. The number of rotatable bonds is 7. The molecular formula is C15H18ClNO3. The number of ether oxygens (including phenoxy) is 2. The fraction of sp³-hybridized carbons (Fsp3) is 0.333. The van der Waals surface area contributed by atoms with Gasteiger partial charge >= 0.3 is 0 Å². The molecule has 0 spiro atoms. The summed E-state index contributed by atoms with van der Waals surface area (Å²) in [5.74, 6) is 1.58. The highest BCUT2D eigenvalue weighted by atomic mass is 35.5. The van der Waals surface area contributed by atoms with Crippen LogP contribution in [0.3, 0.4) is 0 Å². The molecule has 2 aromatic rings. The lowest BCUT2D eigenvalue weighted by molar-refractivity contribution is 0.146. The van der Waals surface area contributed by atoms with Crippen molar-refractivity contribution in [1.82, 2.24) is 0 Å². The first-order valence-corrected chi connectivity index (χ1v) is 6.77. The molecule has 1 N–H and O–H groups in total. The minimum atomic E-state index is 0.391. The van der Waals surface area contributed by atoms with Gasteiger partial charge in [-0.1, -0.05) is 6.07 Å². The Morgan fingerprint density at radius 1 is 1.20 bits per heavy atom. The number of halogens is 1. The molecule has 0 fully saturated rings. The van der Waals surface area contributed by atoms with Crippen molar-refractivity contribution < 1.29 is 13.9 Å². The lowest BCUT2D eigenvalue weighted by atomic mass is 10.2. The molecule has 1 heterocycles. The van der Waals surface area contributed by atoms with Crippen LogP contribution in [0.4, 0.5) is 5.69 Å². The molecule has 1 aromatic carbocycles. The summed E-state index contributed by atoms with van der Waals surface area (Å²) in [4.78, 5) is 0. The first-order chi connectivity index (χ1) is 9.69. The highest BCUT2D eigenvalue weighted by Gasteiger charge is 2.06. The molecule has 2 rings (SSSR count). The average Bonchev–Trinajstić information content (AvgIpc) is 2.84. The number of methoxy groups -OCH3 is 1. The topological polar surface area (TPSA) is 43.6 Å². The summed E-state index contributed by atoms with van der Waals surface area (Å²) in [6.07, 6.45) is 0. The van der Waals surface area contributed by atoms with Crippen LogP contribution in [-0.2, 0) is 11.3 Å². The highest BCUT2D eigenvalue weighted by Crippen LogP contribution is 2.26. The number of aryl methyl sites for hydroxylation is 1. The Morgan fingerprint density at radius 3 is 2.75 bits per heavy atom. The summed E-state index contributed by atoms with van der Waals surface area (Å²) in [6, 6.07) is 9.58. The third-order valence-corrected chi connectivity index (χ3v) is 2.97. The third-order valence-electron chi connectivity index (χ3n) is 2.76. The van der Waals surface area contributed by atoms with Gasteiger partial charge < -0.3 is 19.2 Å². The van der Waals surface area contributed by atoms with E-state index in [1.165, 1.54) is 0 Å². The summed E-state index contributed by atoms with van der Waals surface area (Å²) in [5, 5.41) is 3.67. The Balaban J connectivity index is 2.01. The smallest absolute Gasteiger partial charge is 0.193 e. The molecule has 0 radical (unpaired) electrons. The zero-order chi connectivity index (χ0) is 14.4. The van der Waals surface area contributed by atoms with Crippen LogP contribution >= 0.6 is 11.6 Å². The van der Waals surface area contributed by atoms with E-state index in [0.29, 0.717) is 25.0 Å². The highest BCUT2D eigenvalue weighted by molar-refractivity contribution is 6.28. The van der Waals surface area contributed by atoms with Crippen LogP contribution in [0.15, 0.2) is 34.7 Å². The van der Waals surface area contributed by atoms with Crippen molar-refractivity contribution in [1.29, 1.82) is 0 Å². The average molecular weight is 296 g/mol. The summed E-state index contributed by atoms with van der Waals surface area (Å²) in [5.41, 5.74) is 2.06. The van der Waals surface area contributed by atoms with Gasteiger partial charge in [0.15, 0.2) is 5.22 Å². The molecule has 0 aliphatic rings. The molecule has 108 valence electrons. The first-order valence-electron chi connectivity index (χ1n) is 6.39. The second kappa shape index (κ2) is 7.22. The fourth-order valence-corrected chi connectivity index (χ4v) is 1.92. The second-order valence-electron chi connectivity index (χ2n) is 4.40. The quantitative estimate of drug-likeness (QED) is 0.787. The SMILES string of the molecule is COCCOc1cc(C)ccc1NCc1ccc(Cl)o1. The summed E-state index contributed by atoms with van der Waals surface area (Å²) >= 11 is 5.75. The number of furan rings is 1. The molecule has 0 saturated carbocycles. The van der Waals surface area contributed by atoms with E-state index in [1.54, 1.807) is 13.2 Å². The first kappa shape index (κ1) is 14.8. The van der Waals surface area contributed by atoms with Crippen LogP contribution in [0.5, 0.6) is 5.75 Å². The van der Waals surface area contributed by atoms with Gasteiger partial charge in [0, 0.05) is 7.11 Å². The number of benzene rings is 1. The van der Waals surface area contributed by atoms with Crippen molar-refractivity contribution in [2.75, 3.05) is 25.6 Å². The molecule has 0 aliphatic heterocycles. The Hall–Kier alpha value is -1.65. The maximum Gasteiger partial charge on any atom is 0.193 e. The Labute approximate surface area is 123 Å². The second-order valence-corrected chi connectivity index (χ2v) is 4.77. The van der Waals surface area contributed by atoms with Gasteiger partial charge in [0.2, 0.25) is 0 Å². The molecule has 20 heavy (non-hydrogen) atoms. The lowest BCUT2D eigenvalue weighted by Crippen LogP contribution is -2.07. The zero-order valence-electron chi connectivity index (χ0n) is 11.6. The maximum absolute atomic E-state index is 5.75. The van der Waals surface area contributed by atoms with E-state index < -0.39 is 0 Å². The van der Waals surface area contributed by atoms with Crippen LogP contribution in [-0.4, -0.2) is 20.3 Å². The van der Waals surface area contributed by atoms with Gasteiger partial charge in [-0.2, -0.15) is 0 Å². The largest absolute Gasteiger partial charge is 0.489 e. The van der Waals surface area contributed by atoms with E-state index in [4.69, 9.17) is 25.5 Å². The Kier molecular flexibility index (Phi) is 5.32. The van der Waals surface area contributed by atoms with Crippen molar-refractivity contribution in [3.63, 3.8) is 0 Å². The molecule has 1 aromatic heterocycles. The predicted molar refractivity (Wildman–Crippen MR) is 79.6 cm³/mol. The molecule has 5 heteroatoms. The molecule has 0 unspecified atom stereocenters. The Bertz CT molecular complexity index is 554. The van der Waals surface area contributed by atoms with Gasteiger partial charge in [-0.25, -0.2) is 0 Å². The molecule has 0 atom stereocenters. The number of nitrogens with one attached hydrogen (secondary N) is 1. The van der Waals surface area contributed by atoms with Gasteiger partial charge in [0.25, 0.3) is 0 Å². The number of hydrogen-bond acceptors (Lipinski definition) is 4. The van der Waals surface area contributed by atoms with E-state index in [1.807, 2.05) is 31.2 Å². The summed E-state index contributed by atoms with van der Waals surface area (Å²) in [7, 11) is 1.65. The van der Waals surface area contributed by atoms with Gasteiger partial charge in [-0.3, -0.25) is 0 Å². The van der Waals surface area contributed by atoms with Crippen LogP contribution in [0.2, 0.25) is 5.22 Å². The van der Waals surface area contributed by atoms with E-state index in [0.717, 1.165) is 22.8 Å².